The predicted molar refractivity (Wildman–Crippen MR) is 69.8 cm³/mol. The number of allylic oxidation sites excluding steroid dienone is 2. The van der Waals surface area contributed by atoms with Crippen molar-refractivity contribution >= 4 is 5.84 Å². The first-order valence-corrected chi connectivity index (χ1v) is 6.55. The van der Waals surface area contributed by atoms with Crippen LogP contribution in [0.2, 0.25) is 0 Å². The maximum Gasteiger partial charge on any atom is 0.292 e. The topological polar surface area (TPSA) is 104 Å². The van der Waals surface area contributed by atoms with E-state index in [2.05, 4.69) is 17.1 Å². The minimum atomic E-state index is -1.52. The number of hydrogen-bond acceptors (Lipinski definition) is 6. The Kier molecular flexibility index (Phi) is 2.50. The van der Waals surface area contributed by atoms with Crippen molar-refractivity contribution in [1.82, 2.24) is 0 Å². The Balaban J connectivity index is 2.37. The number of fused-ring (bicyclic) bond motifs is 1. The second-order valence-electron chi connectivity index (χ2n) is 5.50. The summed E-state index contributed by atoms with van der Waals surface area (Å²) in [6.45, 7) is 0. The third-order valence-corrected chi connectivity index (χ3v) is 5.17. The lowest BCUT2D eigenvalue weighted by molar-refractivity contribution is -0.280. The first-order chi connectivity index (χ1) is 9.58. The van der Waals surface area contributed by atoms with Gasteiger partial charge in [-0.3, -0.25) is 0 Å². The summed E-state index contributed by atoms with van der Waals surface area (Å²) in [6, 6.07) is 4.59. The van der Waals surface area contributed by atoms with Crippen LogP contribution in [0.5, 0.6) is 0 Å². The van der Waals surface area contributed by atoms with Crippen LogP contribution in [-0.4, -0.2) is 26.0 Å². The molecule has 6 nitrogen and oxygen atoms in total. The quantitative estimate of drug-likeness (QED) is 0.594. The summed E-state index contributed by atoms with van der Waals surface area (Å²) in [4.78, 5) is 4.29. The van der Waals surface area contributed by atoms with Crippen molar-refractivity contribution in [3.63, 3.8) is 0 Å². The van der Waals surface area contributed by atoms with Crippen LogP contribution in [0.4, 0.5) is 0 Å². The molecule has 0 aromatic carbocycles. The van der Waals surface area contributed by atoms with E-state index in [1.165, 1.54) is 14.2 Å². The van der Waals surface area contributed by atoms with E-state index in [4.69, 9.17) is 15.2 Å². The molecular weight excluding hydrogens is 256 g/mol. The van der Waals surface area contributed by atoms with Crippen molar-refractivity contribution in [1.29, 1.82) is 10.5 Å². The normalized spacial score (nSPS) is 43.5. The van der Waals surface area contributed by atoms with Gasteiger partial charge < -0.3 is 15.2 Å². The average molecular weight is 272 g/mol. The smallest absolute Gasteiger partial charge is 0.292 e. The highest BCUT2D eigenvalue weighted by Crippen LogP contribution is 2.68. The number of hydrogen-bond donors (Lipinski definition) is 1. The van der Waals surface area contributed by atoms with Crippen LogP contribution in [0.1, 0.15) is 12.8 Å². The van der Waals surface area contributed by atoms with Gasteiger partial charge in [0, 0.05) is 26.1 Å². The van der Waals surface area contributed by atoms with Crippen molar-refractivity contribution < 1.29 is 9.47 Å². The van der Waals surface area contributed by atoms with E-state index in [1.54, 1.807) is 0 Å². The molecule has 6 heteroatoms. The number of nitrogens with zero attached hydrogens (tertiary/aromatic N) is 3. The molecular formula is C14H16N4O2. The van der Waals surface area contributed by atoms with Gasteiger partial charge in [-0.25, -0.2) is 4.99 Å². The molecule has 0 saturated heterocycles. The number of nitriles is 2. The van der Waals surface area contributed by atoms with Crippen molar-refractivity contribution in [2.45, 2.75) is 18.8 Å². The molecule has 2 N–H and O–H groups in total. The number of ether oxygens (including phenoxy) is 2. The molecule has 3 aliphatic carbocycles. The number of aliphatic imine (C=N–C) groups is 1. The van der Waals surface area contributed by atoms with Gasteiger partial charge in [0.1, 0.15) is 11.3 Å². The lowest BCUT2D eigenvalue weighted by Crippen LogP contribution is -2.65. The first kappa shape index (κ1) is 13.1. The molecule has 1 fully saturated rings. The SMILES string of the molecule is COC1(OC)N=C(N)[C@]2(C#N)[C@H]3C=C[C@H](CC3)[C@]12C#N. The predicted octanol–water partition coefficient (Wildman–Crippen LogP) is 0.920. The summed E-state index contributed by atoms with van der Waals surface area (Å²) in [5.74, 6) is -1.67. The zero-order valence-corrected chi connectivity index (χ0v) is 11.5. The van der Waals surface area contributed by atoms with Crippen LogP contribution in [0, 0.1) is 45.3 Å². The molecule has 0 unspecified atom stereocenters. The van der Waals surface area contributed by atoms with Crippen molar-refractivity contribution in [3.05, 3.63) is 12.2 Å². The van der Waals surface area contributed by atoms with E-state index < -0.39 is 16.7 Å². The summed E-state index contributed by atoms with van der Waals surface area (Å²) in [5, 5.41) is 19.8. The van der Waals surface area contributed by atoms with Gasteiger partial charge in [0.25, 0.3) is 5.91 Å². The van der Waals surface area contributed by atoms with E-state index in [0.29, 0.717) is 0 Å². The molecule has 1 heterocycles. The van der Waals surface area contributed by atoms with E-state index in [0.717, 1.165) is 12.8 Å². The molecule has 0 aromatic rings. The Morgan fingerprint density at radius 3 is 2.25 bits per heavy atom. The summed E-state index contributed by atoms with van der Waals surface area (Å²) in [5.41, 5.74) is 3.68. The molecule has 0 radical (unpaired) electrons. The Hall–Kier alpha value is -1.89. The molecule has 2 bridgehead atoms. The van der Waals surface area contributed by atoms with Crippen LogP contribution in [0.25, 0.3) is 0 Å². The molecule has 4 aliphatic rings. The summed E-state index contributed by atoms with van der Waals surface area (Å²) < 4.78 is 10.9. The number of rotatable bonds is 2. The second kappa shape index (κ2) is 3.82. The Bertz CT molecular complexity index is 595. The van der Waals surface area contributed by atoms with Gasteiger partial charge in [-0.2, -0.15) is 10.5 Å². The van der Waals surface area contributed by atoms with Crippen molar-refractivity contribution in [2.75, 3.05) is 14.2 Å². The van der Waals surface area contributed by atoms with Gasteiger partial charge in [0.05, 0.1) is 12.1 Å². The van der Waals surface area contributed by atoms with Gasteiger partial charge in [-0.05, 0) is 12.8 Å². The summed E-state index contributed by atoms with van der Waals surface area (Å²) in [6.07, 6.45) is 5.58. The number of amidine groups is 1. The largest absolute Gasteiger partial charge is 0.386 e. The lowest BCUT2D eigenvalue weighted by Gasteiger charge is -2.55. The summed E-state index contributed by atoms with van der Waals surface area (Å²) >= 11 is 0. The highest BCUT2D eigenvalue weighted by molar-refractivity contribution is 5.94. The van der Waals surface area contributed by atoms with E-state index in [9.17, 15) is 10.5 Å². The first-order valence-electron chi connectivity index (χ1n) is 6.55. The van der Waals surface area contributed by atoms with Crippen LogP contribution in [0.3, 0.4) is 0 Å². The maximum absolute atomic E-state index is 9.96. The molecule has 0 spiro atoms. The third-order valence-electron chi connectivity index (χ3n) is 5.17. The molecule has 1 aliphatic heterocycles. The van der Waals surface area contributed by atoms with Crippen LogP contribution >= 0.6 is 0 Å². The van der Waals surface area contributed by atoms with Gasteiger partial charge in [-0.15, -0.1) is 0 Å². The third kappa shape index (κ3) is 0.985. The highest BCUT2D eigenvalue weighted by Gasteiger charge is 2.79. The fourth-order valence-electron chi connectivity index (χ4n) is 4.30. The molecule has 0 aromatic heterocycles. The highest BCUT2D eigenvalue weighted by atomic mass is 16.7. The Morgan fingerprint density at radius 2 is 1.80 bits per heavy atom. The Morgan fingerprint density at radius 1 is 1.20 bits per heavy atom. The zero-order chi connectivity index (χ0) is 14.6. The number of nitrogens with two attached hydrogens (primary N) is 1. The van der Waals surface area contributed by atoms with Gasteiger partial charge in [-0.1, -0.05) is 12.2 Å². The maximum atomic E-state index is 9.96. The summed E-state index contributed by atoms with van der Waals surface area (Å²) in [7, 11) is 2.86. The van der Waals surface area contributed by atoms with Crippen molar-refractivity contribution in [2.24, 2.45) is 33.4 Å². The van der Waals surface area contributed by atoms with Gasteiger partial charge >= 0.3 is 0 Å². The fourth-order valence-corrected chi connectivity index (χ4v) is 4.30. The molecule has 20 heavy (non-hydrogen) atoms. The monoisotopic (exact) mass is 272 g/mol. The average Bonchev–Trinajstić information content (AvgIpc) is 2.76. The van der Waals surface area contributed by atoms with E-state index in [-0.39, 0.29) is 17.7 Å². The van der Waals surface area contributed by atoms with E-state index >= 15 is 0 Å². The van der Waals surface area contributed by atoms with Gasteiger partial charge in [0.2, 0.25) is 0 Å². The van der Waals surface area contributed by atoms with Gasteiger partial charge in [0.15, 0.2) is 5.41 Å². The van der Waals surface area contributed by atoms with Crippen molar-refractivity contribution in [3.8, 4) is 12.1 Å². The van der Waals surface area contributed by atoms with Crippen LogP contribution < -0.4 is 5.73 Å². The number of methoxy groups -OCH3 is 2. The molecule has 0 amide bonds. The molecule has 4 rings (SSSR count). The lowest BCUT2D eigenvalue weighted by atomic mass is 9.45. The zero-order valence-electron chi connectivity index (χ0n) is 11.5. The van der Waals surface area contributed by atoms with E-state index in [1.807, 2.05) is 12.2 Å². The minimum absolute atomic E-state index is 0.131. The standard InChI is InChI=1S/C14H16N4O2/c1-19-14(20-2)13(8-16)10-5-3-9(4-6-10)12(13,7-15)11(17)18-14/h3,5,9-10H,4,6H2,1-2H3,(H2,17,18)/t9-,10+,12-,13-/m0/s1. The second-order valence-corrected chi connectivity index (χ2v) is 5.50. The molecule has 1 saturated carbocycles. The Labute approximate surface area is 117 Å². The van der Waals surface area contributed by atoms with Crippen LogP contribution in [-0.2, 0) is 9.47 Å². The minimum Gasteiger partial charge on any atom is -0.386 e. The van der Waals surface area contributed by atoms with Crippen LogP contribution in [0.15, 0.2) is 17.1 Å². The fraction of sp³-hybridized carbons (Fsp3) is 0.643. The molecule has 104 valence electrons. The molecule has 4 atom stereocenters.